The Bertz CT molecular complexity index is 656. The van der Waals surface area contributed by atoms with E-state index in [1.165, 1.54) is 6.92 Å². The third-order valence-corrected chi connectivity index (χ3v) is 4.96. The summed E-state index contributed by atoms with van der Waals surface area (Å²) in [4.78, 5) is 11.8. The minimum Gasteiger partial charge on any atom is -0.351 e. The fourth-order valence-corrected chi connectivity index (χ4v) is 2.89. The Balaban J connectivity index is 3.14. The van der Waals surface area contributed by atoms with Crippen molar-refractivity contribution in [2.24, 2.45) is 5.41 Å². The maximum Gasteiger partial charge on any atom is 0.261 e. The summed E-state index contributed by atoms with van der Waals surface area (Å²) in [5.41, 5.74) is 0.0116. The van der Waals surface area contributed by atoms with E-state index in [1.54, 1.807) is 0 Å². The molecule has 0 saturated heterocycles. The summed E-state index contributed by atoms with van der Waals surface area (Å²) in [6.07, 6.45) is 0.858. The van der Waals surface area contributed by atoms with Crippen LogP contribution >= 0.6 is 10.7 Å². The van der Waals surface area contributed by atoms with Crippen molar-refractivity contribution in [3.05, 3.63) is 29.1 Å². The summed E-state index contributed by atoms with van der Waals surface area (Å²) in [6, 6.07) is 1.82. The minimum absolute atomic E-state index is 0.0267. The second-order valence-corrected chi connectivity index (χ2v) is 8.25. The molecule has 4 nitrogen and oxygen atoms in total. The molecule has 0 aliphatic rings. The molecule has 0 heterocycles. The Morgan fingerprint density at radius 2 is 1.95 bits per heavy atom. The van der Waals surface area contributed by atoms with Crippen LogP contribution in [0.3, 0.4) is 0 Å². The monoisotopic (exact) mass is 335 g/mol. The summed E-state index contributed by atoms with van der Waals surface area (Å²) >= 11 is 0. The van der Waals surface area contributed by atoms with Gasteiger partial charge >= 0.3 is 0 Å². The number of halogens is 2. The quantitative estimate of drug-likeness (QED) is 0.840. The van der Waals surface area contributed by atoms with Crippen molar-refractivity contribution in [1.82, 2.24) is 5.32 Å². The van der Waals surface area contributed by atoms with Gasteiger partial charge in [0.25, 0.3) is 15.0 Å². The van der Waals surface area contributed by atoms with Gasteiger partial charge in [-0.3, -0.25) is 4.79 Å². The third-order valence-electron chi connectivity index (χ3n) is 3.52. The fourth-order valence-electron chi connectivity index (χ4n) is 1.68. The summed E-state index contributed by atoms with van der Waals surface area (Å²) in [7, 11) is 1.15. The van der Waals surface area contributed by atoms with Gasteiger partial charge in [0.1, 0.15) is 5.82 Å². The van der Waals surface area contributed by atoms with Gasteiger partial charge in [-0.15, -0.1) is 0 Å². The first-order valence-electron chi connectivity index (χ1n) is 6.51. The van der Waals surface area contributed by atoms with Gasteiger partial charge in [-0.25, -0.2) is 12.8 Å². The molecule has 0 fully saturated rings. The molecule has 1 aromatic carbocycles. The van der Waals surface area contributed by atoms with Crippen LogP contribution in [-0.2, 0) is 9.05 Å². The lowest BCUT2D eigenvalue weighted by Gasteiger charge is -2.23. The van der Waals surface area contributed by atoms with Gasteiger partial charge in [0.2, 0.25) is 0 Å². The number of amides is 1. The van der Waals surface area contributed by atoms with Crippen LogP contribution in [0.1, 0.15) is 43.1 Å². The molecule has 7 heteroatoms. The predicted octanol–water partition coefficient (Wildman–Crippen LogP) is 3.23. The first-order chi connectivity index (χ1) is 9.48. The molecular weight excluding hydrogens is 317 g/mol. The van der Waals surface area contributed by atoms with Crippen LogP contribution in [0.4, 0.5) is 4.39 Å². The second kappa shape index (κ2) is 6.32. The van der Waals surface area contributed by atoms with E-state index in [0.29, 0.717) is 6.54 Å². The van der Waals surface area contributed by atoms with Gasteiger partial charge in [0, 0.05) is 22.8 Å². The lowest BCUT2D eigenvalue weighted by atomic mass is 9.90. The summed E-state index contributed by atoms with van der Waals surface area (Å²) in [6.45, 7) is 7.80. The molecule has 0 spiro atoms. The smallest absolute Gasteiger partial charge is 0.261 e. The molecule has 0 aromatic heterocycles. The fraction of sp³-hybridized carbons (Fsp3) is 0.500. The second-order valence-electron chi connectivity index (χ2n) is 5.71. The largest absolute Gasteiger partial charge is 0.351 e. The van der Waals surface area contributed by atoms with Crippen molar-refractivity contribution >= 4 is 25.6 Å². The molecule has 1 aromatic rings. The van der Waals surface area contributed by atoms with Crippen molar-refractivity contribution in [2.45, 2.75) is 39.0 Å². The van der Waals surface area contributed by atoms with Gasteiger partial charge < -0.3 is 5.32 Å². The maximum absolute atomic E-state index is 13.5. The van der Waals surface area contributed by atoms with Crippen molar-refractivity contribution in [1.29, 1.82) is 0 Å². The Hall–Kier alpha value is -1.14. The number of nitrogens with one attached hydrogen (secondary N) is 1. The zero-order valence-corrected chi connectivity index (χ0v) is 14.0. The zero-order valence-electron chi connectivity index (χ0n) is 12.5. The predicted molar refractivity (Wildman–Crippen MR) is 80.6 cm³/mol. The normalized spacial score (nSPS) is 12.3. The number of hydrogen-bond donors (Lipinski definition) is 1. The molecule has 0 aliphatic carbocycles. The van der Waals surface area contributed by atoms with Gasteiger partial charge in [-0.1, -0.05) is 20.8 Å². The van der Waals surface area contributed by atoms with E-state index in [4.69, 9.17) is 10.7 Å². The van der Waals surface area contributed by atoms with Crippen LogP contribution in [0.25, 0.3) is 0 Å². The van der Waals surface area contributed by atoms with Gasteiger partial charge in [0.05, 0.1) is 4.90 Å². The maximum atomic E-state index is 13.5. The van der Waals surface area contributed by atoms with Crippen molar-refractivity contribution < 1.29 is 17.6 Å². The molecule has 0 bridgehead atoms. The van der Waals surface area contributed by atoms with Gasteiger partial charge in [-0.2, -0.15) is 0 Å². The third kappa shape index (κ3) is 4.68. The van der Waals surface area contributed by atoms with Crippen LogP contribution in [0.2, 0.25) is 0 Å². The zero-order chi connectivity index (χ0) is 16.4. The van der Waals surface area contributed by atoms with Gasteiger partial charge in [0.15, 0.2) is 0 Å². The number of carbonyl (C=O) groups is 1. The molecule has 1 amide bonds. The molecule has 0 atom stereocenters. The number of hydrogen-bond acceptors (Lipinski definition) is 3. The lowest BCUT2D eigenvalue weighted by Crippen LogP contribution is -2.34. The number of carbonyl (C=O) groups excluding carboxylic acids is 1. The van der Waals surface area contributed by atoms with Gasteiger partial charge in [-0.05, 0) is 36.5 Å². The van der Waals surface area contributed by atoms with E-state index >= 15 is 0 Å². The first-order valence-corrected chi connectivity index (χ1v) is 8.82. The summed E-state index contributed by atoms with van der Waals surface area (Å²) < 4.78 is 36.4. The molecule has 1 rings (SSSR count). The van der Waals surface area contributed by atoms with E-state index in [0.717, 1.165) is 18.6 Å². The highest BCUT2D eigenvalue weighted by Gasteiger charge is 2.22. The van der Waals surface area contributed by atoms with E-state index in [2.05, 4.69) is 5.32 Å². The Morgan fingerprint density at radius 3 is 2.43 bits per heavy atom. The molecule has 1 N–H and O–H groups in total. The highest BCUT2D eigenvalue weighted by molar-refractivity contribution is 8.13. The number of rotatable bonds is 5. The SMILES string of the molecule is CCC(C)(C)CNC(=O)c1cc(F)cc(S(=O)(=O)Cl)c1C. The topological polar surface area (TPSA) is 63.2 Å². The van der Waals surface area contributed by atoms with E-state index in [1.807, 2.05) is 20.8 Å². The van der Waals surface area contributed by atoms with Crippen LogP contribution in [0.15, 0.2) is 17.0 Å². The molecular formula is C14H19ClFNO3S. The Kier molecular flexibility index (Phi) is 5.39. The highest BCUT2D eigenvalue weighted by atomic mass is 35.7. The van der Waals surface area contributed by atoms with Crippen molar-refractivity contribution in [2.75, 3.05) is 6.54 Å². The summed E-state index contributed by atoms with van der Waals surface area (Å²) in [5, 5.41) is 2.69. The molecule has 0 saturated carbocycles. The molecule has 0 unspecified atom stereocenters. The van der Waals surface area contributed by atoms with E-state index in [-0.39, 0.29) is 21.4 Å². The van der Waals surface area contributed by atoms with E-state index in [9.17, 15) is 17.6 Å². The standard InChI is InChI=1S/C14H19ClFNO3S/c1-5-14(3,4)8-17-13(18)11-6-10(16)7-12(9(11)2)21(15,19)20/h6-7H,5,8H2,1-4H3,(H,17,18). The molecule has 0 aliphatic heterocycles. The van der Waals surface area contributed by atoms with Crippen LogP contribution in [-0.4, -0.2) is 20.9 Å². The molecule has 21 heavy (non-hydrogen) atoms. The van der Waals surface area contributed by atoms with Crippen LogP contribution in [0, 0.1) is 18.2 Å². The number of benzene rings is 1. The Morgan fingerprint density at radius 1 is 1.38 bits per heavy atom. The van der Waals surface area contributed by atoms with Crippen LogP contribution < -0.4 is 5.32 Å². The average molecular weight is 336 g/mol. The highest BCUT2D eigenvalue weighted by Crippen LogP contribution is 2.24. The molecule has 118 valence electrons. The Labute approximate surface area is 129 Å². The van der Waals surface area contributed by atoms with Crippen LogP contribution in [0.5, 0.6) is 0 Å². The first kappa shape index (κ1) is 17.9. The minimum atomic E-state index is -4.11. The van der Waals surface area contributed by atoms with Crippen molar-refractivity contribution in [3.63, 3.8) is 0 Å². The molecule has 0 radical (unpaired) electrons. The summed E-state index contributed by atoms with van der Waals surface area (Å²) in [5.74, 6) is -1.34. The average Bonchev–Trinajstić information content (AvgIpc) is 2.37. The van der Waals surface area contributed by atoms with E-state index < -0.39 is 20.8 Å². The van der Waals surface area contributed by atoms with Crippen molar-refractivity contribution in [3.8, 4) is 0 Å². The lowest BCUT2D eigenvalue weighted by molar-refractivity contribution is 0.0934.